The van der Waals surface area contributed by atoms with Crippen LogP contribution in [0.4, 0.5) is 0 Å². The van der Waals surface area contributed by atoms with E-state index < -0.39 is 0 Å². The zero-order valence-corrected chi connectivity index (χ0v) is 5.62. The second-order valence-corrected chi connectivity index (χ2v) is 2.93. The zero-order valence-electron chi connectivity index (χ0n) is 5.62. The second kappa shape index (κ2) is 1.67. The van der Waals surface area contributed by atoms with Gasteiger partial charge in [0.25, 0.3) is 0 Å². The largest absolute Gasteiger partial charge is 0.199 e. The smallest absolute Gasteiger partial charge is 0.0839 e. The van der Waals surface area contributed by atoms with Gasteiger partial charge >= 0.3 is 0 Å². The topological polar surface area (TPSA) is 37.0 Å². The molecule has 4 saturated heterocycles. The predicted molar refractivity (Wildman–Crippen MR) is 33.1 cm³/mol. The molecule has 2 N–H and O–H groups in total. The van der Waals surface area contributed by atoms with E-state index in [1.54, 1.807) is 0 Å². The molecule has 4 rings (SSSR count). The van der Waals surface area contributed by atoms with Gasteiger partial charge in [-0.25, -0.2) is 0 Å². The molecule has 0 unspecified atom stereocenters. The van der Waals surface area contributed by atoms with Gasteiger partial charge in [-0.2, -0.15) is 31.1 Å². The summed E-state index contributed by atoms with van der Waals surface area (Å²) in [6, 6.07) is 0. The van der Waals surface area contributed by atoms with Crippen LogP contribution >= 0.6 is 0 Å². The maximum atomic E-state index is 3.26. The second-order valence-electron chi connectivity index (χ2n) is 2.93. The molecule has 0 atom stereocenters. The van der Waals surface area contributed by atoms with Crippen molar-refractivity contribution in [3.63, 3.8) is 0 Å². The highest BCUT2D eigenvalue weighted by Crippen LogP contribution is 2.12. The summed E-state index contributed by atoms with van der Waals surface area (Å²) < 4.78 is 0. The molecule has 4 fully saturated rings. The van der Waals surface area contributed by atoms with Crippen LogP contribution in [-0.2, 0) is 0 Å². The molecule has 0 radical (unpaired) electrons. The third kappa shape index (κ3) is 0.628. The molecule has 10 heavy (non-hydrogen) atoms. The summed E-state index contributed by atoms with van der Waals surface area (Å²) in [5.74, 6) is 0. The van der Waals surface area contributed by atoms with Crippen LogP contribution in [0.15, 0.2) is 0 Å². The van der Waals surface area contributed by atoms with Crippen molar-refractivity contribution in [2.24, 2.45) is 0 Å². The van der Waals surface area contributed by atoms with E-state index in [0.29, 0.717) is 0 Å². The summed E-state index contributed by atoms with van der Waals surface area (Å²) >= 11 is 0. The molecule has 4 bridgehead atoms. The molecular weight excluding hydrogens is 132 g/mol. The van der Waals surface area contributed by atoms with Gasteiger partial charge in [0.05, 0.1) is 26.7 Å². The third-order valence-corrected chi connectivity index (χ3v) is 1.93. The average molecular weight is 142 g/mol. The molecule has 4 aliphatic rings. The van der Waals surface area contributed by atoms with Crippen LogP contribution in [-0.4, -0.2) is 46.7 Å². The van der Waals surface area contributed by atoms with Crippen molar-refractivity contribution in [1.29, 1.82) is 0 Å². The van der Waals surface area contributed by atoms with Crippen LogP contribution in [0, 0.1) is 0 Å². The lowest BCUT2D eigenvalue weighted by Gasteiger charge is -2.56. The normalized spacial score (nSPS) is 57.6. The van der Waals surface area contributed by atoms with Crippen LogP contribution in [0.1, 0.15) is 0 Å². The Hall–Kier alpha value is -0.240. The van der Waals surface area contributed by atoms with Crippen LogP contribution in [0.25, 0.3) is 0 Å². The number of rotatable bonds is 0. The first-order chi connectivity index (χ1) is 4.90. The summed E-state index contributed by atoms with van der Waals surface area (Å²) in [6.45, 7) is 3.86. The minimum atomic E-state index is 0.965. The molecule has 0 saturated carbocycles. The quantitative estimate of drug-likeness (QED) is 0.404. The van der Waals surface area contributed by atoms with Crippen molar-refractivity contribution in [1.82, 2.24) is 31.1 Å². The Morgan fingerprint density at radius 3 is 1.20 bits per heavy atom. The highest BCUT2D eigenvalue weighted by atomic mass is 16.0. The van der Waals surface area contributed by atoms with Crippen molar-refractivity contribution in [3.05, 3.63) is 0 Å². The van der Waals surface area contributed by atoms with Crippen molar-refractivity contribution >= 4 is 0 Å². The van der Waals surface area contributed by atoms with E-state index in [9.17, 15) is 0 Å². The summed E-state index contributed by atoms with van der Waals surface area (Å²) in [5.41, 5.74) is 6.51. The van der Waals surface area contributed by atoms with E-state index in [1.165, 1.54) is 0 Å². The van der Waals surface area contributed by atoms with Crippen molar-refractivity contribution in [2.45, 2.75) is 0 Å². The van der Waals surface area contributed by atoms with Gasteiger partial charge in [0.1, 0.15) is 0 Å². The lowest BCUT2D eigenvalue weighted by molar-refractivity contribution is -0.287. The number of nitrogens with zero attached hydrogens (tertiary/aromatic N) is 4. The molecule has 6 nitrogen and oxygen atoms in total. The molecule has 0 aromatic rings. The highest BCUT2D eigenvalue weighted by molar-refractivity contribution is 4.70. The first kappa shape index (κ1) is 5.42. The van der Waals surface area contributed by atoms with E-state index in [2.05, 4.69) is 31.1 Å². The Morgan fingerprint density at radius 1 is 0.600 bits per heavy atom. The van der Waals surface area contributed by atoms with Gasteiger partial charge in [-0.15, -0.1) is 0 Å². The Bertz CT molecular complexity index is 101. The van der Waals surface area contributed by atoms with Crippen LogP contribution < -0.4 is 11.1 Å². The standard InChI is InChI=1S/C4H10N6/c1-7-2-9-4-10(5-7)3-8(1)6-9/h5-6H,1-4H2. The zero-order chi connectivity index (χ0) is 6.55. The average Bonchev–Trinajstić information content (AvgIpc) is 1.82. The summed E-state index contributed by atoms with van der Waals surface area (Å²) in [7, 11) is 0. The van der Waals surface area contributed by atoms with E-state index in [-0.39, 0.29) is 0 Å². The number of hydrazine groups is 4. The molecule has 0 aliphatic carbocycles. The van der Waals surface area contributed by atoms with E-state index in [4.69, 9.17) is 0 Å². The molecule has 0 amide bonds. The Balaban J connectivity index is 1.90. The van der Waals surface area contributed by atoms with Crippen LogP contribution in [0.5, 0.6) is 0 Å². The Kier molecular flexibility index (Phi) is 0.906. The van der Waals surface area contributed by atoms with Crippen molar-refractivity contribution in [3.8, 4) is 0 Å². The lowest BCUT2D eigenvalue weighted by Crippen LogP contribution is -2.81. The number of hydrogen-bond acceptors (Lipinski definition) is 6. The van der Waals surface area contributed by atoms with Crippen molar-refractivity contribution in [2.75, 3.05) is 26.7 Å². The minimum Gasteiger partial charge on any atom is -0.199 e. The van der Waals surface area contributed by atoms with Gasteiger partial charge in [0.15, 0.2) is 0 Å². The summed E-state index contributed by atoms with van der Waals surface area (Å²) in [4.78, 5) is 0. The number of nitrogens with one attached hydrogen (secondary N) is 2. The lowest BCUT2D eigenvalue weighted by atomic mass is 10.6. The maximum absolute atomic E-state index is 3.26. The fraction of sp³-hybridized carbons (Fsp3) is 1.00. The SMILES string of the molecule is C1N2CN3CN(CN1N3)N2. The molecule has 0 spiro atoms. The molecule has 6 heteroatoms. The first-order valence-corrected chi connectivity index (χ1v) is 3.42. The summed E-state index contributed by atoms with van der Waals surface area (Å²) in [6.07, 6.45) is 0. The predicted octanol–water partition coefficient (Wildman–Crippen LogP) is -2.10. The van der Waals surface area contributed by atoms with Gasteiger partial charge in [-0.1, -0.05) is 0 Å². The fourth-order valence-corrected chi connectivity index (χ4v) is 1.66. The third-order valence-electron chi connectivity index (χ3n) is 1.93. The molecule has 4 heterocycles. The van der Waals surface area contributed by atoms with Gasteiger partial charge in [-0.3, -0.25) is 0 Å². The van der Waals surface area contributed by atoms with Crippen LogP contribution in [0.3, 0.4) is 0 Å². The van der Waals surface area contributed by atoms with E-state index in [1.807, 2.05) is 0 Å². The van der Waals surface area contributed by atoms with Crippen LogP contribution in [0.2, 0.25) is 0 Å². The van der Waals surface area contributed by atoms with E-state index in [0.717, 1.165) is 26.7 Å². The minimum absolute atomic E-state index is 0.965. The Morgan fingerprint density at radius 2 is 0.900 bits per heavy atom. The number of hydrogen-bond donors (Lipinski definition) is 2. The molecule has 0 aromatic heterocycles. The molecule has 56 valence electrons. The first-order valence-electron chi connectivity index (χ1n) is 3.42. The van der Waals surface area contributed by atoms with Gasteiger partial charge in [0, 0.05) is 0 Å². The monoisotopic (exact) mass is 142 g/mol. The fourth-order valence-electron chi connectivity index (χ4n) is 1.66. The van der Waals surface area contributed by atoms with Gasteiger partial charge < -0.3 is 0 Å². The molecular formula is C4H10N6. The Labute approximate surface area is 58.8 Å². The van der Waals surface area contributed by atoms with Crippen molar-refractivity contribution < 1.29 is 0 Å². The van der Waals surface area contributed by atoms with Gasteiger partial charge in [0.2, 0.25) is 0 Å². The summed E-state index contributed by atoms with van der Waals surface area (Å²) in [5, 5.41) is 8.62. The van der Waals surface area contributed by atoms with E-state index >= 15 is 0 Å². The maximum Gasteiger partial charge on any atom is 0.0839 e. The highest BCUT2D eigenvalue weighted by Gasteiger charge is 2.36. The molecule has 0 aromatic carbocycles. The molecule has 4 aliphatic heterocycles. The van der Waals surface area contributed by atoms with Gasteiger partial charge in [-0.05, 0) is 0 Å².